The van der Waals surface area contributed by atoms with Crippen molar-refractivity contribution in [3.63, 3.8) is 0 Å². The molecule has 0 spiro atoms. The molecule has 2 aromatic heterocycles. The third kappa shape index (κ3) is 3.30. The molecule has 6 heteroatoms. The lowest BCUT2D eigenvalue weighted by Crippen LogP contribution is -2.25. The van der Waals surface area contributed by atoms with Gasteiger partial charge in [-0.15, -0.1) is 0 Å². The van der Waals surface area contributed by atoms with Crippen LogP contribution in [0, 0.1) is 5.92 Å². The maximum absolute atomic E-state index is 4.36. The number of hydrogen-bond donors (Lipinski definition) is 1. The number of hydrogen-bond acceptors (Lipinski definition) is 4. The lowest BCUT2D eigenvalue weighted by molar-refractivity contribution is 0.446. The number of halogens is 1. The highest BCUT2D eigenvalue weighted by Gasteiger charge is 2.13. The fourth-order valence-corrected chi connectivity index (χ4v) is 3.91. The molecular formula is C13H17BrN4S. The molecule has 0 bridgehead atoms. The Kier molecular flexibility index (Phi) is 4.40. The van der Waals surface area contributed by atoms with Crippen LogP contribution in [0.1, 0.15) is 18.5 Å². The predicted octanol–water partition coefficient (Wildman–Crippen LogP) is 2.72. The van der Waals surface area contributed by atoms with Gasteiger partial charge in [0.25, 0.3) is 0 Å². The summed E-state index contributed by atoms with van der Waals surface area (Å²) in [6, 6.07) is 0. The summed E-state index contributed by atoms with van der Waals surface area (Å²) in [6.07, 6.45) is 8.37. The zero-order valence-electron chi connectivity index (χ0n) is 10.7. The molecule has 0 aliphatic carbocycles. The molecule has 3 rings (SSSR count). The molecule has 0 saturated carbocycles. The summed E-state index contributed by atoms with van der Waals surface area (Å²) in [6.45, 7) is 1.97. The molecule has 102 valence electrons. The van der Waals surface area contributed by atoms with Crippen molar-refractivity contribution in [2.24, 2.45) is 5.92 Å². The second kappa shape index (κ2) is 6.24. The second-order valence-electron chi connectivity index (χ2n) is 4.87. The first-order chi connectivity index (χ1) is 9.33. The number of aromatic nitrogens is 3. The van der Waals surface area contributed by atoms with E-state index in [1.807, 2.05) is 12.4 Å². The largest absolute Gasteiger partial charge is 0.311 e. The third-order valence-electron chi connectivity index (χ3n) is 3.52. The van der Waals surface area contributed by atoms with Crippen LogP contribution in [-0.2, 0) is 6.54 Å². The van der Waals surface area contributed by atoms with E-state index in [-0.39, 0.29) is 0 Å². The Labute approximate surface area is 125 Å². The molecule has 1 fully saturated rings. The molecule has 2 aromatic rings. The van der Waals surface area contributed by atoms with E-state index in [0.717, 1.165) is 29.3 Å². The van der Waals surface area contributed by atoms with Gasteiger partial charge in [0.05, 0.1) is 18.1 Å². The Morgan fingerprint density at radius 1 is 1.32 bits per heavy atom. The van der Waals surface area contributed by atoms with Crippen molar-refractivity contribution in [2.45, 2.75) is 19.4 Å². The van der Waals surface area contributed by atoms with Crippen LogP contribution in [0.4, 0.5) is 0 Å². The number of fused-ring (bicyclic) bond motifs is 1. The van der Waals surface area contributed by atoms with Crippen LogP contribution in [0.15, 0.2) is 23.2 Å². The van der Waals surface area contributed by atoms with Gasteiger partial charge in [0.15, 0.2) is 5.65 Å². The molecule has 1 aliphatic rings. The Hall–Kier alpha value is -0.590. The van der Waals surface area contributed by atoms with E-state index in [2.05, 4.69) is 47.4 Å². The molecule has 0 radical (unpaired) electrons. The average Bonchev–Trinajstić information content (AvgIpc) is 2.83. The van der Waals surface area contributed by atoms with E-state index in [0.29, 0.717) is 0 Å². The zero-order valence-corrected chi connectivity index (χ0v) is 13.1. The summed E-state index contributed by atoms with van der Waals surface area (Å²) in [7, 11) is 0. The molecule has 0 amide bonds. The molecule has 4 nitrogen and oxygen atoms in total. The summed E-state index contributed by atoms with van der Waals surface area (Å²) in [5, 5.41) is 3.56. The fraction of sp³-hybridized carbons (Fsp3) is 0.538. The van der Waals surface area contributed by atoms with Gasteiger partial charge in [-0.1, -0.05) is 0 Å². The Morgan fingerprint density at radius 3 is 3.00 bits per heavy atom. The van der Waals surface area contributed by atoms with Gasteiger partial charge in [-0.05, 0) is 52.7 Å². The first-order valence-corrected chi connectivity index (χ1v) is 8.53. The maximum Gasteiger partial charge on any atom is 0.155 e. The second-order valence-corrected chi connectivity index (χ2v) is 6.91. The van der Waals surface area contributed by atoms with E-state index in [1.165, 1.54) is 30.0 Å². The standard InChI is InChI=1S/C13H17BrN4S/c14-12-9-18-11(7-17-13(18)8-16-12)6-15-5-10-1-3-19-4-2-10/h7-10,15H,1-6H2. The van der Waals surface area contributed by atoms with E-state index < -0.39 is 0 Å². The third-order valence-corrected chi connectivity index (χ3v) is 4.98. The number of imidazole rings is 1. The monoisotopic (exact) mass is 340 g/mol. The first-order valence-electron chi connectivity index (χ1n) is 6.59. The minimum absolute atomic E-state index is 0.837. The van der Waals surface area contributed by atoms with Gasteiger partial charge in [-0.25, -0.2) is 9.97 Å². The van der Waals surface area contributed by atoms with Gasteiger partial charge in [-0.3, -0.25) is 4.40 Å². The van der Waals surface area contributed by atoms with E-state index in [9.17, 15) is 0 Å². The fourth-order valence-electron chi connectivity index (χ4n) is 2.40. The summed E-state index contributed by atoms with van der Waals surface area (Å²) >= 11 is 5.48. The van der Waals surface area contributed by atoms with Crippen LogP contribution in [0.3, 0.4) is 0 Å². The summed E-state index contributed by atoms with van der Waals surface area (Å²) < 4.78 is 2.92. The first kappa shape index (κ1) is 13.4. The van der Waals surface area contributed by atoms with Gasteiger partial charge in [0.1, 0.15) is 4.60 Å². The van der Waals surface area contributed by atoms with Gasteiger partial charge >= 0.3 is 0 Å². The van der Waals surface area contributed by atoms with Crippen LogP contribution < -0.4 is 5.32 Å². The van der Waals surface area contributed by atoms with Gasteiger partial charge in [0, 0.05) is 12.7 Å². The number of nitrogens with one attached hydrogen (secondary N) is 1. The quantitative estimate of drug-likeness (QED) is 0.929. The average molecular weight is 341 g/mol. The lowest BCUT2D eigenvalue weighted by atomic mass is 10.0. The zero-order chi connectivity index (χ0) is 13.1. The molecule has 0 aromatic carbocycles. The topological polar surface area (TPSA) is 42.2 Å². The molecule has 1 aliphatic heterocycles. The molecule has 19 heavy (non-hydrogen) atoms. The molecule has 1 saturated heterocycles. The van der Waals surface area contributed by atoms with Crippen molar-refractivity contribution in [3.8, 4) is 0 Å². The Balaban J connectivity index is 1.60. The van der Waals surface area contributed by atoms with Crippen LogP contribution in [0.2, 0.25) is 0 Å². The minimum atomic E-state index is 0.837. The van der Waals surface area contributed by atoms with E-state index in [4.69, 9.17) is 0 Å². The minimum Gasteiger partial charge on any atom is -0.311 e. The lowest BCUT2D eigenvalue weighted by Gasteiger charge is -2.21. The Morgan fingerprint density at radius 2 is 2.16 bits per heavy atom. The highest BCUT2D eigenvalue weighted by Crippen LogP contribution is 2.22. The highest BCUT2D eigenvalue weighted by atomic mass is 79.9. The van der Waals surface area contributed by atoms with Crippen molar-refractivity contribution in [1.29, 1.82) is 0 Å². The number of thioether (sulfide) groups is 1. The van der Waals surface area contributed by atoms with Crippen LogP contribution in [-0.4, -0.2) is 32.4 Å². The van der Waals surface area contributed by atoms with Gasteiger partial charge < -0.3 is 5.32 Å². The predicted molar refractivity (Wildman–Crippen MR) is 82.4 cm³/mol. The smallest absolute Gasteiger partial charge is 0.155 e. The number of nitrogens with zero attached hydrogens (tertiary/aromatic N) is 3. The number of rotatable bonds is 4. The molecule has 1 N–H and O–H groups in total. The van der Waals surface area contributed by atoms with E-state index >= 15 is 0 Å². The maximum atomic E-state index is 4.36. The van der Waals surface area contributed by atoms with Gasteiger partial charge in [-0.2, -0.15) is 11.8 Å². The van der Waals surface area contributed by atoms with Crippen LogP contribution in [0.5, 0.6) is 0 Å². The summed E-state index contributed by atoms with van der Waals surface area (Å²) in [5.41, 5.74) is 2.08. The summed E-state index contributed by atoms with van der Waals surface area (Å²) in [4.78, 5) is 8.55. The SMILES string of the molecule is Brc1cn2c(CNCC3CCSCC3)cnc2cn1. The molecule has 0 atom stereocenters. The molecule has 3 heterocycles. The van der Waals surface area contributed by atoms with Crippen LogP contribution >= 0.6 is 27.7 Å². The summed E-state index contributed by atoms with van der Waals surface area (Å²) in [5.74, 6) is 3.48. The van der Waals surface area contributed by atoms with Crippen LogP contribution in [0.25, 0.3) is 5.65 Å². The Bertz CT molecular complexity index is 551. The van der Waals surface area contributed by atoms with Gasteiger partial charge in [0.2, 0.25) is 0 Å². The van der Waals surface area contributed by atoms with Crippen molar-refractivity contribution in [1.82, 2.24) is 19.7 Å². The highest BCUT2D eigenvalue weighted by molar-refractivity contribution is 9.10. The van der Waals surface area contributed by atoms with Crippen molar-refractivity contribution in [2.75, 3.05) is 18.1 Å². The normalized spacial score (nSPS) is 17.1. The van der Waals surface area contributed by atoms with E-state index in [1.54, 1.807) is 6.20 Å². The van der Waals surface area contributed by atoms with Crippen molar-refractivity contribution >= 4 is 33.3 Å². The molecular weight excluding hydrogens is 324 g/mol. The van der Waals surface area contributed by atoms with Crippen molar-refractivity contribution in [3.05, 3.63) is 28.9 Å². The molecule has 0 unspecified atom stereocenters. The van der Waals surface area contributed by atoms with Crippen molar-refractivity contribution < 1.29 is 0 Å².